The predicted octanol–water partition coefficient (Wildman–Crippen LogP) is -0.230. The first-order chi connectivity index (χ1) is 7.43. The van der Waals surface area contributed by atoms with Crippen molar-refractivity contribution in [3.05, 3.63) is 29.8 Å². The van der Waals surface area contributed by atoms with Crippen LogP contribution in [0.1, 0.15) is 5.56 Å². The van der Waals surface area contributed by atoms with E-state index in [0.717, 1.165) is 5.56 Å². The Balaban J connectivity index is 2.85. The maximum absolute atomic E-state index is 11.7. The highest BCUT2D eigenvalue weighted by molar-refractivity contribution is 6.10. The molecular formula is C11H15N3O2. The minimum atomic E-state index is -1.30. The minimum Gasteiger partial charge on any atom is -0.368 e. The normalized spacial score (nSPS) is 11.9. The van der Waals surface area contributed by atoms with Crippen LogP contribution >= 0.6 is 0 Å². The van der Waals surface area contributed by atoms with E-state index in [0.29, 0.717) is 5.69 Å². The first-order valence-electron chi connectivity index (χ1n) is 4.82. The molecule has 1 rings (SSSR count). The summed E-state index contributed by atoms with van der Waals surface area (Å²) in [6.07, 6.45) is 0. The first kappa shape index (κ1) is 12.2. The van der Waals surface area contributed by atoms with Crippen molar-refractivity contribution in [2.75, 3.05) is 11.9 Å². The summed E-state index contributed by atoms with van der Waals surface area (Å²) < 4.78 is 0. The van der Waals surface area contributed by atoms with E-state index in [1.165, 1.54) is 4.90 Å². The third kappa shape index (κ3) is 2.58. The molecule has 0 heterocycles. The van der Waals surface area contributed by atoms with Gasteiger partial charge in [-0.3, -0.25) is 9.59 Å². The highest BCUT2D eigenvalue weighted by Crippen LogP contribution is 2.13. The lowest BCUT2D eigenvalue weighted by Crippen LogP contribution is -2.49. The summed E-state index contributed by atoms with van der Waals surface area (Å²) in [6.45, 7) is 1.95. The molecule has 0 bridgehead atoms. The monoisotopic (exact) mass is 221 g/mol. The zero-order valence-electron chi connectivity index (χ0n) is 9.31. The number of anilines is 1. The van der Waals surface area contributed by atoms with Crippen LogP contribution in [0, 0.1) is 6.92 Å². The first-order valence-corrected chi connectivity index (χ1v) is 4.82. The van der Waals surface area contributed by atoms with E-state index in [1.807, 2.05) is 19.1 Å². The van der Waals surface area contributed by atoms with E-state index >= 15 is 0 Å². The number of hydrogen-bond donors (Lipinski definition) is 2. The van der Waals surface area contributed by atoms with Crippen molar-refractivity contribution in [1.29, 1.82) is 0 Å². The fourth-order valence-electron chi connectivity index (χ4n) is 1.23. The van der Waals surface area contributed by atoms with Crippen LogP contribution in [-0.2, 0) is 9.59 Å². The lowest BCUT2D eigenvalue weighted by atomic mass is 10.2. The quantitative estimate of drug-likeness (QED) is 0.691. The van der Waals surface area contributed by atoms with Crippen molar-refractivity contribution in [2.24, 2.45) is 11.5 Å². The van der Waals surface area contributed by atoms with Crippen molar-refractivity contribution in [1.82, 2.24) is 0 Å². The van der Waals surface area contributed by atoms with Gasteiger partial charge in [-0.1, -0.05) is 17.7 Å². The van der Waals surface area contributed by atoms with Gasteiger partial charge in [-0.15, -0.1) is 0 Å². The molecule has 1 unspecified atom stereocenters. The van der Waals surface area contributed by atoms with Crippen LogP contribution in [0.3, 0.4) is 0 Å². The van der Waals surface area contributed by atoms with Crippen molar-refractivity contribution >= 4 is 17.5 Å². The molecule has 4 N–H and O–H groups in total. The summed E-state index contributed by atoms with van der Waals surface area (Å²) in [5.74, 6) is -1.35. The summed E-state index contributed by atoms with van der Waals surface area (Å²) in [5, 5.41) is 0. The van der Waals surface area contributed by atoms with Crippen LogP contribution in [0.2, 0.25) is 0 Å². The van der Waals surface area contributed by atoms with Crippen molar-refractivity contribution in [3.63, 3.8) is 0 Å². The number of nitrogens with two attached hydrogens (primary N) is 2. The second kappa shape index (κ2) is 4.76. The minimum absolute atomic E-state index is 0.517. The number of amides is 2. The van der Waals surface area contributed by atoms with Gasteiger partial charge in [0.25, 0.3) is 5.91 Å². The van der Waals surface area contributed by atoms with Crippen LogP contribution in [-0.4, -0.2) is 24.9 Å². The molecule has 0 spiro atoms. The Kier molecular flexibility index (Phi) is 3.63. The molecule has 1 atom stereocenters. The molecule has 0 fully saturated rings. The van der Waals surface area contributed by atoms with E-state index in [4.69, 9.17) is 11.5 Å². The second-order valence-corrected chi connectivity index (χ2v) is 3.61. The Bertz CT molecular complexity index is 400. The molecule has 0 aliphatic carbocycles. The van der Waals surface area contributed by atoms with Gasteiger partial charge in [0.1, 0.15) is 0 Å². The summed E-state index contributed by atoms with van der Waals surface area (Å²) >= 11 is 0. The number of likely N-dealkylation sites (N-methyl/N-ethyl adjacent to an activating group) is 1. The van der Waals surface area contributed by atoms with Crippen LogP contribution < -0.4 is 16.4 Å². The van der Waals surface area contributed by atoms with Gasteiger partial charge >= 0.3 is 0 Å². The standard InChI is InChI=1S/C11H15N3O2/c1-7-3-5-8(6-4-7)14(2)11(16)9(12)10(13)15/h3-6,9H,12H2,1-2H3,(H2,13,15). The fraction of sp³-hybridized carbons (Fsp3) is 0.273. The van der Waals surface area contributed by atoms with E-state index in [2.05, 4.69) is 0 Å². The third-order valence-electron chi connectivity index (χ3n) is 2.32. The number of aryl methyl sites for hydroxylation is 1. The predicted molar refractivity (Wildman–Crippen MR) is 61.8 cm³/mol. The average Bonchev–Trinajstić information content (AvgIpc) is 2.27. The van der Waals surface area contributed by atoms with E-state index < -0.39 is 17.9 Å². The van der Waals surface area contributed by atoms with Gasteiger partial charge < -0.3 is 16.4 Å². The topological polar surface area (TPSA) is 89.4 Å². The zero-order valence-corrected chi connectivity index (χ0v) is 9.31. The number of rotatable bonds is 3. The van der Waals surface area contributed by atoms with E-state index in [1.54, 1.807) is 19.2 Å². The molecule has 5 heteroatoms. The van der Waals surface area contributed by atoms with Gasteiger partial charge in [-0.2, -0.15) is 0 Å². The number of hydrogen-bond acceptors (Lipinski definition) is 3. The van der Waals surface area contributed by atoms with Gasteiger partial charge in [0.15, 0.2) is 6.04 Å². The van der Waals surface area contributed by atoms with E-state index in [9.17, 15) is 9.59 Å². The number of benzene rings is 1. The molecule has 1 aromatic rings. The maximum atomic E-state index is 11.7. The van der Waals surface area contributed by atoms with Gasteiger partial charge in [-0.25, -0.2) is 0 Å². The molecule has 1 aromatic carbocycles. The van der Waals surface area contributed by atoms with E-state index in [-0.39, 0.29) is 0 Å². The smallest absolute Gasteiger partial charge is 0.253 e. The molecule has 0 saturated carbocycles. The average molecular weight is 221 g/mol. The van der Waals surface area contributed by atoms with Crippen LogP contribution in [0.5, 0.6) is 0 Å². The Morgan fingerprint density at radius 1 is 1.25 bits per heavy atom. The lowest BCUT2D eigenvalue weighted by Gasteiger charge is -2.19. The Hall–Kier alpha value is -1.88. The third-order valence-corrected chi connectivity index (χ3v) is 2.32. The number of nitrogens with zero attached hydrogens (tertiary/aromatic N) is 1. The molecule has 0 saturated heterocycles. The van der Waals surface area contributed by atoms with Crippen molar-refractivity contribution in [3.8, 4) is 0 Å². The lowest BCUT2D eigenvalue weighted by molar-refractivity contribution is -0.127. The van der Waals surface area contributed by atoms with Crippen LogP contribution in [0.4, 0.5) is 5.69 Å². The molecule has 0 radical (unpaired) electrons. The van der Waals surface area contributed by atoms with Gasteiger partial charge in [0, 0.05) is 12.7 Å². The van der Waals surface area contributed by atoms with Crippen molar-refractivity contribution < 1.29 is 9.59 Å². The summed E-state index contributed by atoms with van der Waals surface area (Å²) in [4.78, 5) is 23.8. The fourth-order valence-corrected chi connectivity index (χ4v) is 1.23. The van der Waals surface area contributed by atoms with Gasteiger partial charge in [0.05, 0.1) is 0 Å². The SMILES string of the molecule is Cc1ccc(N(C)C(=O)C(N)C(N)=O)cc1. The Morgan fingerprint density at radius 2 is 1.75 bits per heavy atom. The highest BCUT2D eigenvalue weighted by Gasteiger charge is 2.23. The number of carbonyl (C=O) groups excluding carboxylic acids is 2. The molecule has 16 heavy (non-hydrogen) atoms. The molecule has 0 aliphatic rings. The molecular weight excluding hydrogens is 206 g/mol. The van der Waals surface area contributed by atoms with Crippen molar-refractivity contribution in [2.45, 2.75) is 13.0 Å². The molecule has 86 valence electrons. The Labute approximate surface area is 94.0 Å². The molecule has 0 aromatic heterocycles. The number of primary amides is 1. The maximum Gasteiger partial charge on any atom is 0.253 e. The van der Waals surface area contributed by atoms with Gasteiger partial charge in [-0.05, 0) is 19.1 Å². The summed E-state index contributed by atoms with van der Waals surface area (Å²) in [6, 6.07) is 6.00. The second-order valence-electron chi connectivity index (χ2n) is 3.61. The number of carbonyl (C=O) groups is 2. The van der Waals surface area contributed by atoms with Crippen LogP contribution in [0.25, 0.3) is 0 Å². The van der Waals surface area contributed by atoms with Crippen LogP contribution in [0.15, 0.2) is 24.3 Å². The van der Waals surface area contributed by atoms with Gasteiger partial charge in [0.2, 0.25) is 5.91 Å². The Morgan fingerprint density at radius 3 is 2.19 bits per heavy atom. The summed E-state index contributed by atoms with van der Waals surface area (Å²) in [7, 11) is 1.55. The largest absolute Gasteiger partial charge is 0.368 e. The molecule has 2 amide bonds. The molecule has 5 nitrogen and oxygen atoms in total. The molecule has 0 aliphatic heterocycles. The highest BCUT2D eigenvalue weighted by atomic mass is 16.2. The zero-order chi connectivity index (χ0) is 12.3. The summed E-state index contributed by atoms with van der Waals surface area (Å²) in [5.41, 5.74) is 12.1.